The van der Waals surface area contributed by atoms with Crippen molar-refractivity contribution in [3.05, 3.63) is 29.3 Å². The zero-order chi connectivity index (χ0) is 16.9. The Morgan fingerprint density at radius 1 is 1.39 bits per heavy atom. The van der Waals surface area contributed by atoms with Crippen LogP contribution in [0.15, 0.2) is 23.8 Å². The first-order chi connectivity index (χ1) is 10.9. The predicted octanol–water partition coefficient (Wildman–Crippen LogP) is 1.41. The summed E-state index contributed by atoms with van der Waals surface area (Å²) in [5, 5.41) is 2.71. The lowest BCUT2D eigenvalue weighted by atomic mass is 10.1. The summed E-state index contributed by atoms with van der Waals surface area (Å²) in [4.78, 5) is 12.1. The van der Waals surface area contributed by atoms with E-state index in [1.54, 1.807) is 6.08 Å². The van der Waals surface area contributed by atoms with Crippen LogP contribution in [0.2, 0.25) is 0 Å². The second-order valence-electron chi connectivity index (χ2n) is 5.31. The molecular formula is C16H21NO5S. The summed E-state index contributed by atoms with van der Waals surface area (Å²) in [5.74, 6) is 1.12. The summed E-state index contributed by atoms with van der Waals surface area (Å²) >= 11 is 0. The van der Waals surface area contributed by atoms with Crippen molar-refractivity contribution in [2.24, 2.45) is 0 Å². The molecular weight excluding hydrogens is 318 g/mol. The fourth-order valence-corrected chi connectivity index (χ4v) is 2.90. The Balaban J connectivity index is 1.99. The van der Waals surface area contributed by atoms with Gasteiger partial charge in [0.25, 0.3) is 5.91 Å². The second-order valence-corrected chi connectivity index (χ2v) is 7.56. The largest absolute Gasteiger partial charge is 0.490 e. The van der Waals surface area contributed by atoms with Gasteiger partial charge < -0.3 is 14.8 Å². The topological polar surface area (TPSA) is 81.7 Å². The number of nitrogens with one attached hydrogen (secondary N) is 1. The third-order valence-corrected chi connectivity index (χ3v) is 4.31. The minimum Gasteiger partial charge on any atom is -0.490 e. The van der Waals surface area contributed by atoms with Crippen molar-refractivity contribution in [3.8, 4) is 11.5 Å². The molecule has 0 saturated carbocycles. The van der Waals surface area contributed by atoms with E-state index in [1.165, 1.54) is 6.26 Å². The summed E-state index contributed by atoms with van der Waals surface area (Å²) in [6, 6.07) is 5.52. The van der Waals surface area contributed by atoms with Crippen molar-refractivity contribution in [2.75, 3.05) is 31.8 Å². The fraction of sp³-hybridized carbons (Fsp3) is 0.438. The highest BCUT2D eigenvalue weighted by Crippen LogP contribution is 2.35. The number of carbonyl (C=O) groups is 1. The molecule has 1 N–H and O–H groups in total. The van der Waals surface area contributed by atoms with E-state index in [0.717, 1.165) is 5.56 Å². The van der Waals surface area contributed by atoms with Gasteiger partial charge in [-0.3, -0.25) is 4.79 Å². The van der Waals surface area contributed by atoms with Gasteiger partial charge in [-0.2, -0.15) is 0 Å². The van der Waals surface area contributed by atoms with Crippen LogP contribution < -0.4 is 14.8 Å². The third kappa shape index (κ3) is 4.99. The summed E-state index contributed by atoms with van der Waals surface area (Å²) < 4.78 is 33.2. The maximum atomic E-state index is 12.1. The van der Waals surface area contributed by atoms with Crippen LogP contribution in [0.25, 0.3) is 6.08 Å². The Hall–Kier alpha value is -2.02. The van der Waals surface area contributed by atoms with Crippen LogP contribution in [0.3, 0.4) is 0 Å². The molecule has 0 fully saturated rings. The molecule has 6 nitrogen and oxygen atoms in total. The summed E-state index contributed by atoms with van der Waals surface area (Å²) in [7, 11) is -3.00. The maximum absolute atomic E-state index is 12.1. The van der Waals surface area contributed by atoms with Gasteiger partial charge in [0.15, 0.2) is 11.5 Å². The average Bonchev–Trinajstić information content (AvgIpc) is 2.50. The molecule has 0 bridgehead atoms. The van der Waals surface area contributed by atoms with Crippen molar-refractivity contribution >= 4 is 21.8 Å². The van der Waals surface area contributed by atoms with Gasteiger partial charge >= 0.3 is 0 Å². The smallest absolute Gasteiger partial charge is 0.250 e. The van der Waals surface area contributed by atoms with E-state index >= 15 is 0 Å². The first-order valence-electron chi connectivity index (χ1n) is 7.46. The lowest BCUT2D eigenvalue weighted by molar-refractivity contribution is -0.117. The van der Waals surface area contributed by atoms with E-state index < -0.39 is 9.84 Å². The summed E-state index contributed by atoms with van der Waals surface area (Å²) in [6.07, 6.45) is 3.34. The molecule has 0 atom stereocenters. The van der Waals surface area contributed by atoms with Crippen LogP contribution in [-0.2, 0) is 14.6 Å². The highest BCUT2D eigenvalue weighted by molar-refractivity contribution is 7.90. The van der Waals surface area contributed by atoms with Gasteiger partial charge in [-0.15, -0.1) is 0 Å². The van der Waals surface area contributed by atoms with Crippen molar-refractivity contribution in [1.29, 1.82) is 0 Å². The molecule has 0 saturated heterocycles. The van der Waals surface area contributed by atoms with Crippen LogP contribution in [0.5, 0.6) is 11.5 Å². The Labute approximate surface area is 136 Å². The Morgan fingerprint density at radius 3 is 2.87 bits per heavy atom. The van der Waals surface area contributed by atoms with Gasteiger partial charge in [0, 0.05) is 18.4 Å². The molecule has 0 spiro atoms. The number of carbonyl (C=O) groups excluding carboxylic acids is 1. The molecule has 1 aliphatic heterocycles. The SMILES string of the molecule is CCOc1cccc2c1OCC(C(=O)NCCCS(C)(=O)=O)=C2. The monoisotopic (exact) mass is 339 g/mol. The van der Waals surface area contributed by atoms with E-state index in [-0.39, 0.29) is 18.3 Å². The van der Waals surface area contributed by atoms with Crippen LogP contribution in [0.4, 0.5) is 0 Å². The van der Waals surface area contributed by atoms with Gasteiger partial charge in [0.1, 0.15) is 16.4 Å². The van der Waals surface area contributed by atoms with Gasteiger partial charge in [0.05, 0.1) is 17.9 Å². The van der Waals surface area contributed by atoms with Crippen LogP contribution >= 0.6 is 0 Å². The molecule has 1 amide bonds. The zero-order valence-corrected chi connectivity index (χ0v) is 14.1. The number of hydrogen-bond donors (Lipinski definition) is 1. The highest BCUT2D eigenvalue weighted by Gasteiger charge is 2.20. The Bertz CT molecular complexity index is 709. The minimum absolute atomic E-state index is 0.0589. The summed E-state index contributed by atoms with van der Waals surface area (Å²) in [5.41, 5.74) is 1.30. The van der Waals surface area contributed by atoms with Crippen LogP contribution in [-0.4, -0.2) is 46.1 Å². The predicted molar refractivity (Wildman–Crippen MR) is 88.4 cm³/mol. The van der Waals surface area contributed by atoms with Gasteiger partial charge in [-0.1, -0.05) is 12.1 Å². The lowest BCUT2D eigenvalue weighted by Gasteiger charge is -2.20. The standard InChI is InChI=1S/C16H21NO5S/c1-3-21-14-7-4-6-12-10-13(11-22-15(12)14)16(18)17-8-5-9-23(2,19)20/h4,6-7,10H,3,5,8-9,11H2,1-2H3,(H,17,18). The van der Waals surface area contributed by atoms with E-state index in [9.17, 15) is 13.2 Å². The van der Waals surface area contributed by atoms with Gasteiger partial charge in [0.2, 0.25) is 0 Å². The first kappa shape index (κ1) is 17.3. The fourth-order valence-electron chi connectivity index (χ4n) is 2.23. The van der Waals surface area contributed by atoms with E-state index in [4.69, 9.17) is 9.47 Å². The molecule has 0 unspecified atom stereocenters. The first-order valence-corrected chi connectivity index (χ1v) is 9.52. The number of amides is 1. The normalized spacial score (nSPS) is 13.6. The molecule has 2 rings (SSSR count). The lowest BCUT2D eigenvalue weighted by Crippen LogP contribution is -2.30. The maximum Gasteiger partial charge on any atom is 0.250 e. The number of rotatable bonds is 7. The average molecular weight is 339 g/mol. The molecule has 0 radical (unpaired) electrons. The van der Waals surface area contributed by atoms with Crippen molar-refractivity contribution in [2.45, 2.75) is 13.3 Å². The van der Waals surface area contributed by atoms with Gasteiger partial charge in [-0.05, 0) is 25.5 Å². The van der Waals surface area contributed by atoms with E-state index in [2.05, 4.69) is 5.32 Å². The van der Waals surface area contributed by atoms with Crippen LogP contribution in [0.1, 0.15) is 18.9 Å². The van der Waals surface area contributed by atoms with Crippen molar-refractivity contribution < 1.29 is 22.7 Å². The number of ether oxygens (including phenoxy) is 2. The number of fused-ring (bicyclic) bond motifs is 1. The second kappa shape index (κ2) is 7.50. The minimum atomic E-state index is -3.00. The number of benzene rings is 1. The molecule has 126 valence electrons. The molecule has 1 aliphatic rings. The van der Waals surface area contributed by atoms with Crippen molar-refractivity contribution in [1.82, 2.24) is 5.32 Å². The van der Waals surface area contributed by atoms with Crippen molar-refractivity contribution in [3.63, 3.8) is 0 Å². The molecule has 23 heavy (non-hydrogen) atoms. The third-order valence-electron chi connectivity index (χ3n) is 3.28. The number of hydrogen-bond acceptors (Lipinski definition) is 5. The molecule has 1 heterocycles. The Kier molecular flexibility index (Phi) is 5.65. The quantitative estimate of drug-likeness (QED) is 0.760. The molecule has 1 aromatic carbocycles. The van der Waals surface area contributed by atoms with Gasteiger partial charge in [-0.25, -0.2) is 8.42 Å². The molecule has 1 aromatic rings. The van der Waals surface area contributed by atoms with E-state index in [1.807, 2.05) is 25.1 Å². The number of sulfone groups is 1. The summed E-state index contributed by atoms with van der Waals surface area (Å²) in [6.45, 7) is 2.91. The number of para-hydroxylation sites is 1. The van der Waals surface area contributed by atoms with E-state index in [0.29, 0.717) is 36.6 Å². The highest BCUT2D eigenvalue weighted by atomic mass is 32.2. The zero-order valence-electron chi connectivity index (χ0n) is 13.3. The molecule has 7 heteroatoms. The molecule has 0 aliphatic carbocycles. The van der Waals surface area contributed by atoms with Crippen LogP contribution in [0, 0.1) is 0 Å². The Morgan fingerprint density at radius 2 is 2.17 bits per heavy atom. The molecule has 0 aromatic heterocycles.